The van der Waals surface area contributed by atoms with Gasteiger partial charge in [-0.2, -0.15) is 0 Å². The first-order valence-corrected chi connectivity index (χ1v) is 58.0. The van der Waals surface area contributed by atoms with Crippen molar-refractivity contribution in [1.29, 1.82) is 0 Å². The molecule has 2 rings (SSSR count). The van der Waals surface area contributed by atoms with E-state index in [-0.39, 0.29) is 22.5 Å². The summed E-state index contributed by atoms with van der Waals surface area (Å²) in [5.41, 5.74) is 6.00. The third-order valence-corrected chi connectivity index (χ3v) is 78.6. The zero-order chi connectivity index (χ0) is 46.8. The predicted molar refractivity (Wildman–Crippen MR) is 340 cm³/mol. The average molecular weight is 1400 g/mol. The number of rotatable bonds is 0. The summed E-state index contributed by atoms with van der Waals surface area (Å²) in [7, 11) is 60.1. The second-order valence-electron chi connectivity index (χ2n) is 7.84. The van der Waals surface area contributed by atoms with E-state index in [1.54, 1.807) is 120 Å². The van der Waals surface area contributed by atoms with Gasteiger partial charge in [-0.25, -0.2) is 0 Å². The van der Waals surface area contributed by atoms with Gasteiger partial charge in [0.05, 0.1) is 11.4 Å². The molecule has 2 nitrogen and oxygen atoms in total. The molecule has 38 heteroatoms. The fourth-order valence-corrected chi connectivity index (χ4v) is 90.6. The number of nitrogen functional groups attached to an aromatic ring is 2. The monoisotopic (exact) mass is 1390 g/mol. The van der Waals surface area contributed by atoms with E-state index in [2.05, 4.69) is 0 Å². The minimum Gasteiger partial charge on any atom is -0.397 e. The lowest BCUT2D eigenvalue weighted by Crippen LogP contribution is -2.42. The standard InChI is InChI=1S/C15H24N2.S36/c1-13(2)9-7-11(16)12(17)8-10(9)14(3,4)15(13,5)6;1-3-5-7-9-11-13-15-17-19-21-23-25-27-29-31-33-35-36-34-32-30-28-26-24-22-20-18-16-14-12-10-8-6-4-2/h7-8H,16-17H2,1-6H3;/i1D3,2D3,5D3;. The molecule has 310 valence electrons. The molecule has 0 saturated heterocycles. The molecule has 4 N–H and O–H groups in total. The average Bonchev–Trinajstić information content (AvgIpc) is 3.35. The highest BCUT2D eigenvalue weighted by molar-refractivity contribution is 8.80. The molecule has 0 aromatic heterocycles. The number of hydrogen-bond acceptors (Lipinski definition) is 4. The van der Waals surface area contributed by atoms with E-state index in [1.807, 2.05) is 178 Å². The van der Waals surface area contributed by atoms with E-state index >= 15 is 0 Å². The van der Waals surface area contributed by atoms with Crippen molar-refractivity contribution in [2.75, 3.05) is 11.5 Å². The second kappa shape index (κ2) is 37.0. The van der Waals surface area contributed by atoms with Crippen molar-refractivity contribution in [3.63, 3.8) is 0 Å². The van der Waals surface area contributed by atoms with E-state index in [4.69, 9.17) is 46.2 Å². The predicted octanol–water partition coefficient (Wildman–Crippen LogP) is 3.36. The molecule has 0 bridgehead atoms. The quantitative estimate of drug-likeness (QED) is 0.392. The first-order valence-electron chi connectivity index (χ1n) is 15.8. The summed E-state index contributed by atoms with van der Waals surface area (Å²) in [5.74, 6) is 0. The Morgan fingerprint density at radius 1 is 0.377 bits per heavy atom. The van der Waals surface area contributed by atoms with Crippen LogP contribution in [0.3, 0.4) is 0 Å². The number of fused-ring (bicyclic) bond motifs is 1. The van der Waals surface area contributed by atoms with E-state index in [0.29, 0.717) is 0 Å². The van der Waals surface area contributed by atoms with E-state index in [1.165, 1.54) is 36.8 Å². The van der Waals surface area contributed by atoms with Crippen molar-refractivity contribution < 1.29 is 12.3 Å². The molecule has 0 heterocycles. The number of anilines is 2. The van der Waals surface area contributed by atoms with Gasteiger partial charge in [-0.1, -0.05) is 41.3 Å². The van der Waals surface area contributed by atoms with Gasteiger partial charge in [0, 0.05) is 337 Å². The van der Waals surface area contributed by atoms with Crippen molar-refractivity contribution >= 4 is 336 Å². The molecule has 1 unspecified atom stereocenters. The summed E-state index contributed by atoms with van der Waals surface area (Å²) in [6, 6.07) is 2.63. The van der Waals surface area contributed by atoms with Gasteiger partial charge in [-0.15, -0.1) is 0 Å². The first kappa shape index (κ1) is 43.6. The minimum absolute atomic E-state index is 0.0206. The van der Waals surface area contributed by atoms with Crippen molar-refractivity contribution in [1.82, 2.24) is 0 Å². The Balaban J connectivity index is 0.000000650. The Bertz CT molecular complexity index is 3280. The molecule has 1 aliphatic carbocycles. The maximum absolute atomic E-state index is 8.15. The van der Waals surface area contributed by atoms with Gasteiger partial charge < -0.3 is 11.5 Å². The van der Waals surface area contributed by atoms with Crippen molar-refractivity contribution in [2.24, 2.45) is 5.41 Å². The molecule has 0 amide bonds. The molecular formula is C15H24N2S36. The normalized spacial score (nSPS) is 17.8. The van der Waals surface area contributed by atoms with Crippen molar-refractivity contribution in [3.05, 3.63) is 23.3 Å². The molecule has 0 saturated carbocycles. The zero-order valence-corrected chi connectivity index (χ0v) is 54.4. The van der Waals surface area contributed by atoms with Crippen LogP contribution in [0.5, 0.6) is 0 Å². The Morgan fingerprint density at radius 3 is 0.774 bits per heavy atom. The third-order valence-electron chi connectivity index (χ3n) is 5.22. The number of benzene rings is 1. The summed E-state index contributed by atoms with van der Waals surface area (Å²) < 4.78 is 73.4. The number of hydrogen-bond donors (Lipinski definition) is 2. The van der Waals surface area contributed by atoms with Crippen LogP contribution in [0.1, 0.15) is 64.8 Å². The zero-order valence-electron chi connectivity index (χ0n) is 34.0. The van der Waals surface area contributed by atoms with Crippen LogP contribution in [-0.4, -0.2) is 0 Å². The molecule has 1 aromatic rings. The topological polar surface area (TPSA) is 52.0 Å². The van der Waals surface area contributed by atoms with Crippen molar-refractivity contribution in [2.45, 2.75) is 52.2 Å². The Labute approximate surface area is 430 Å². The molecule has 1 atom stereocenters. The van der Waals surface area contributed by atoms with Gasteiger partial charge in [-0.3, -0.25) is 0 Å². The van der Waals surface area contributed by atoms with Crippen LogP contribution in [0, 0.1) is 5.41 Å². The van der Waals surface area contributed by atoms with Crippen LogP contribution in [0.2, 0.25) is 0 Å². The maximum Gasteiger partial charge on any atom is 0.0550 e. The summed E-state index contributed by atoms with van der Waals surface area (Å²) in [6.07, 6.45) is 0. The summed E-state index contributed by atoms with van der Waals surface area (Å²) >= 11 is 9.59. The lowest BCUT2D eigenvalue weighted by atomic mass is 9.59. The Morgan fingerprint density at radius 2 is 0.585 bits per heavy atom. The van der Waals surface area contributed by atoms with Crippen LogP contribution < -0.4 is 11.5 Å². The number of nitrogens with two attached hydrogens (primary N) is 2. The van der Waals surface area contributed by atoms with E-state index in [0.717, 1.165) is 0 Å². The molecule has 0 spiro atoms. The molecule has 53 heavy (non-hydrogen) atoms. The third kappa shape index (κ3) is 25.7. The molecule has 1 aromatic carbocycles. The lowest BCUT2D eigenvalue weighted by molar-refractivity contribution is 0.125. The molecule has 0 fully saturated rings. The first-order chi connectivity index (χ1) is 29.2. The van der Waals surface area contributed by atoms with E-state index in [9.17, 15) is 0 Å². The van der Waals surface area contributed by atoms with Crippen LogP contribution in [0.4, 0.5) is 11.4 Å². The fraction of sp³-hybridized carbons (Fsp3) is 0.600. The van der Waals surface area contributed by atoms with Gasteiger partial charge in [0.2, 0.25) is 0 Å². The molecule has 0 aliphatic heterocycles. The maximum atomic E-state index is 8.15. The smallest absolute Gasteiger partial charge is 0.0550 e. The minimum atomic E-state index is -3.13. The summed E-state index contributed by atoms with van der Waals surface area (Å²) in [4.78, 5) is 0. The van der Waals surface area contributed by atoms with Crippen LogP contribution in [0.15, 0.2) is 12.1 Å². The molecular weight excluding hydrogens is 1360 g/mol. The highest BCUT2D eigenvalue weighted by Crippen LogP contribution is 2.62. The van der Waals surface area contributed by atoms with Crippen LogP contribution in [0.25, 0.3) is 0 Å². The fourth-order valence-electron chi connectivity index (χ4n) is 2.83. The lowest BCUT2D eigenvalue weighted by Gasteiger charge is -2.44. The van der Waals surface area contributed by atoms with Crippen molar-refractivity contribution in [3.8, 4) is 0 Å². The highest BCUT2D eigenvalue weighted by Gasteiger charge is 2.56. The van der Waals surface area contributed by atoms with Gasteiger partial charge in [0.1, 0.15) is 0 Å². The largest absolute Gasteiger partial charge is 0.397 e. The molecule has 0 radical (unpaired) electrons. The van der Waals surface area contributed by atoms with Gasteiger partial charge >= 0.3 is 0 Å². The summed E-state index contributed by atoms with van der Waals surface area (Å²) in [5, 5.41) is 0. The second-order valence-corrected chi connectivity index (χ2v) is 68.0. The summed E-state index contributed by atoms with van der Waals surface area (Å²) in [6.45, 7) is -4.83. The van der Waals surface area contributed by atoms with Gasteiger partial charge in [0.15, 0.2) is 0 Å². The van der Waals surface area contributed by atoms with Crippen LogP contribution >= 0.6 is 0 Å². The SMILES string of the molecule is S=S=S=S=S=S=S=S=S=S=S=S=S=S=S=S=S=S=S=S=S=S=S=S=S=S=S=S=S=S=S=S=S=S=S=S.[2H]C([2H])([2H])C1(C)C(C)(C)c2cc(N)c(N)cc2C1(C([2H])([2H])[2H])C([2H])([2H])[2H]. The van der Waals surface area contributed by atoms with E-state index < -0.39 is 36.8 Å². The van der Waals surface area contributed by atoms with Crippen LogP contribution in [-0.2, 0) is 335 Å². The van der Waals surface area contributed by atoms with Gasteiger partial charge in [-0.05, 0) is 39.5 Å². The Hall–Kier alpha value is 6.74. The Kier molecular flexibility index (Phi) is 30.5. The van der Waals surface area contributed by atoms with Gasteiger partial charge in [0.25, 0.3) is 0 Å². The molecule has 1 aliphatic rings. The highest BCUT2D eigenvalue weighted by atomic mass is 33.5.